The summed E-state index contributed by atoms with van der Waals surface area (Å²) in [6.45, 7) is 7.52. The Balaban J connectivity index is 1.35. The van der Waals surface area contributed by atoms with Gasteiger partial charge >= 0.3 is 11.5 Å². The number of likely N-dealkylation sites (N-methyl/N-ethyl adjacent to an activating group) is 1. The van der Waals surface area contributed by atoms with Gasteiger partial charge in [-0.1, -0.05) is 43.9 Å². The quantitative estimate of drug-likeness (QED) is 0.179. The molecule has 2 aromatic carbocycles. The van der Waals surface area contributed by atoms with E-state index in [1.165, 1.54) is 25.3 Å². The molecule has 14 nitrogen and oxygen atoms in total. The minimum Gasteiger partial charge on any atom is -0.512 e. The molecule has 5 aliphatic rings. The van der Waals surface area contributed by atoms with Crippen LogP contribution in [0.2, 0.25) is 5.02 Å². The van der Waals surface area contributed by atoms with Crippen LogP contribution >= 0.6 is 11.6 Å². The van der Waals surface area contributed by atoms with Gasteiger partial charge < -0.3 is 54.4 Å². The number of hydrogen-bond acceptors (Lipinski definition) is 14. The molecule has 3 unspecified atom stereocenters. The van der Waals surface area contributed by atoms with Crippen molar-refractivity contribution in [3.63, 3.8) is 0 Å². The molecule has 15 heteroatoms. The molecule has 312 valence electrons. The number of nitrogens with zero attached hydrogens (tertiary/aromatic N) is 2. The lowest BCUT2D eigenvalue weighted by Gasteiger charge is -2.53. The number of phenolic OH excluding ortho intramolecular Hbond substituents is 1. The van der Waals surface area contributed by atoms with E-state index in [1.807, 2.05) is 32.8 Å². The summed E-state index contributed by atoms with van der Waals surface area (Å²) in [6, 6.07) is 4.81. The molecule has 10 atom stereocenters. The third-order valence-electron chi connectivity index (χ3n) is 12.5. The smallest absolute Gasteiger partial charge is 0.312 e. The van der Waals surface area contributed by atoms with Crippen LogP contribution in [-0.2, 0) is 14.3 Å². The SMILES string of the molecule is C=c1oc2cc(OC)c/c(=C(/O)C[C@H]3COC(=O)C[C@H](N)c4cc(O)c(c(Cl)c4)O[C@@H]4CC3C#CC3CCCC34O[C@@H]3CC(C)(C)[C@@H](N(C)C)[C@@H](O)[C@H]3O)c2nc1=O. The number of aromatic hydroxyl groups is 1. The number of hydrogen-bond donors (Lipinski definition) is 5. The number of ether oxygens (including phenoxy) is 4. The number of fused-ring (bicyclic) bond motifs is 9. The zero-order chi connectivity index (χ0) is 41.8. The normalized spacial score (nSPS) is 32.6. The third kappa shape index (κ3) is 7.76. The van der Waals surface area contributed by atoms with E-state index in [-0.39, 0.29) is 75.9 Å². The largest absolute Gasteiger partial charge is 0.512 e. The van der Waals surface area contributed by atoms with Crippen molar-refractivity contribution in [2.75, 3.05) is 27.8 Å². The summed E-state index contributed by atoms with van der Waals surface area (Å²) in [4.78, 5) is 32.0. The van der Waals surface area contributed by atoms with Crippen LogP contribution in [0.25, 0.3) is 23.4 Å². The van der Waals surface area contributed by atoms with Gasteiger partial charge in [0, 0.05) is 48.0 Å². The molecule has 2 aliphatic heterocycles. The highest BCUT2D eigenvalue weighted by molar-refractivity contribution is 6.32. The van der Waals surface area contributed by atoms with Crippen LogP contribution in [0.3, 0.4) is 0 Å². The predicted octanol–water partition coefficient (Wildman–Crippen LogP) is 3.06. The van der Waals surface area contributed by atoms with E-state index in [9.17, 15) is 30.0 Å². The zero-order valence-corrected chi connectivity index (χ0v) is 34.1. The number of rotatable bonds is 6. The number of esters is 1. The van der Waals surface area contributed by atoms with E-state index in [2.05, 4.69) is 23.4 Å². The molecule has 3 heterocycles. The number of aliphatic hydroxyl groups is 3. The average molecular weight is 822 g/mol. The fourth-order valence-corrected chi connectivity index (χ4v) is 10.0. The Kier molecular flexibility index (Phi) is 11.5. The summed E-state index contributed by atoms with van der Waals surface area (Å²) in [6.07, 6.45) is -1.93. The molecule has 2 saturated carbocycles. The number of halogens is 1. The molecule has 3 aromatic rings. The van der Waals surface area contributed by atoms with Crippen LogP contribution < -0.4 is 31.4 Å². The first-order valence-electron chi connectivity index (χ1n) is 19.6. The summed E-state index contributed by atoms with van der Waals surface area (Å²) in [7, 11) is 5.20. The van der Waals surface area contributed by atoms with Gasteiger partial charge in [-0.2, -0.15) is 0 Å². The molecule has 0 saturated heterocycles. The zero-order valence-electron chi connectivity index (χ0n) is 33.4. The highest BCUT2D eigenvalue weighted by Crippen LogP contribution is 2.51. The van der Waals surface area contributed by atoms with E-state index in [0.29, 0.717) is 30.6 Å². The maximum atomic E-state index is 13.3. The second-order valence-corrected chi connectivity index (χ2v) is 17.5. The molecular weight excluding hydrogens is 770 g/mol. The summed E-state index contributed by atoms with van der Waals surface area (Å²) in [5.41, 5.74) is 4.58. The molecule has 4 bridgehead atoms. The lowest BCUT2D eigenvalue weighted by Crippen LogP contribution is -2.64. The maximum Gasteiger partial charge on any atom is 0.312 e. The lowest BCUT2D eigenvalue weighted by molar-refractivity contribution is -0.234. The number of methoxy groups -OCH3 is 1. The molecule has 0 radical (unpaired) electrons. The van der Waals surface area contributed by atoms with Crippen LogP contribution in [0.5, 0.6) is 17.2 Å². The molecule has 8 rings (SSSR count). The van der Waals surface area contributed by atoms with Crippen molar-refractivity contribution in [2.24, 2.45) is 28.9 Å². The Morgan fingerprint density at radius 2 is 1.91 bits per heavy atom. The lowest BCUT2D eigenvalue weighted by atomic mass is 9.68. The molecular formula is C43H52ClN3O11. The van der Waals surface area contributed by atoms with Crippen molar-refractivity contribution in [3.05, 3.63) is 55.8 Å². The molecule has 58 heavy (non-hydrogen) atoms. The van der Waals surface area contributed by atoms with Gasteiger partial charge in [0.05, 0.1) is 43.3 Å². The summed E-state index contributed by atoms with van der Waals surface area (Å²) >= 11 is 6.83. The summed E-state index contributed by atoms with van der Waals surface area (Å²) in [5, 5.41) is 46.7. The van der Waals surface area contributed by atoms with E-state index in [4.69, 9.17) is 40.7 Å². The number of carbonyl (C=O) groups excluding carboxylic acids is 1. The van der Waals surface area contributed by atoms with Gasteiger partial charge in [-0.15, -0.1) is 0 Å². The van der Waals surface area contributed by atoms with Crippen LogP contribution in [-0.4, -0.2) is 100 Å². The van der Waals surface area contributed by atoms with Gasteiger partial charge in [-0.05, 0) is 69.0 Å². The van der Waals surface area contributed by atoms with Gasteiger partial charge in [-0.3, -0.25) is 9.59 Å². The van der Waals surface area contributed by atoms with Crippen molar-refractivity contribution < 1.29 is 48.6 Å². The topological polar surface area (TPSA) is 207 Å². The summed E-state index contributed by atoms with van der Waals surface area (Å²) < 4.78 is 30.9. The standard InChI is InChI=1S/C43H52ClN3O11/c1-21-41(53)46-36-27(16-26(54-6)17-32(36)56-21)30(48)14-24-20-55-35(50)18-29(45)23-12-28(44)39(31(49)13-23)57-34-15-22(24)9-10-25-8-7-11-43(25,34)58-33-19-42(2,3)40(47(4)5)38(52)37(33)51/h12-13,16-17,22,24-25,29,33-34,37-38,40,48-49,51-52H,1,7-8,11,14-15,18-20,45H2,2-6H3/b30-27-/t22?,24-,25?,29-,33+,34+,37-,38-,40-,43?/m0/s1. The Morgan fingerprint density at radius 1 is 1.16 bits per heavy atom. The second kappa shape index (κ2) is 16.0. The third-order valence-corrected chi connectivity index (χ3v) is 12.8. The molecule has 0 spiro atoms. The molecule has 0 amide bonds. The number of carbonyl (C=O) groups is 1. The van der Waals surface area contributed by atoms with Crippen molar-refractivity contribution in [3.8, 4) is 29.1 Å². The second-order valence-electron chi connectivity index (χ2n) is 17.1. The van der Waals surface area contributed by atoms with Crippen LogP contribution in [0.4, 0.5) is 0 Å². The Labute approximate surface area is 341 Å². The van der Waals surface area contributed by atoms with Gasteiger partial charge in [0.1, 0.15) is 34.8 Å². The van der Waals surface area contributed by atoms with Crippen molar-refractivity contribution in [2.45, 2.75) is 101 Å². The van der Waals surface area contributed by atoms with Crippen LogP contribution in [0.1, 0.15) is 70.4 Å². The molecule has 2 fully saturated rings. The number of nitrogens with two attached hydrogens (primary N) is 1. The van der Waals surface area contributed by atoms with Gasteiger partial charge in [0.25, 0.3) is 0 Å². The van der Waals surface area contributed by atoms with E-state index in [1.54, 1.807) is 6.07 Å². The Bertz CT molecular complexity index is 2300. The first-order chi connectivity index (χ1) is 27.4. The number of aliphatic hydroxyl groups excluding tert-OH is 3. The average Bonchev–Trinajstić information content (AvgIpc) is 3.50. The Hall–Kier alpha value is -4.36. The molecule has 1 aromatic heterocycles. The maximum absolute atomic E-state index is 13.3. The number of phenols is 1. The fraction of sp³-hybridized carbons (Fsp3) is 0.558. The first kappa shape index (κ1) is 41.8. The highest BCUT2D eigenvalue weighted by atomic mass is 35.5. The van der Waals surface area contributed by atoms with E-state index < -0.39 is 70.8 Å². The van der Waals surface area contributed by atoms with Gasteiger partial charge in [-0.25, -0.2) is 4.98 Å². The van der Waals surface area contributed by atoms with Gasteiger partial charge in [0.2, 0.25) is 0 Å². The van der Waals surface area contributed by atoms with Crippen molar-refractivity contribution in [1.29, 1.82) is 0 Å². The first-order valence-corrected chi connectivity index (χ1v) is 20.0. The number of benzene rings is 2. The van der Waals surface area contributed by atoms with Crippen LogP contribution in [0.15, 0.2) is 33.5 Å². The van der Waals surface area contributed by atoms with Crippen LogP contribution in [0, 0.1) is 35.0 Å². The van der Waals surface area contributed by atoms with Crippen molar-refractivity contribution in [1.82, 2.24) is 9.88 Å². The summed E-state index contributed by atoms with van der Waals surface area (Å²) in [5.74, 6) is 4.44. The van der Waals surface area contributed by atoms with E-state index in [0.717, 1.165) is 6.42 Å². The Morgan fingerprint density at radius 3 is 2.62 bits per heavy atom. The van der Waals surface area contributed by atoms with Crippen molar-refractivity contribution >= 4 is 41.0 Å². The van der Waals surface area contributed by atoms with Gasteiger partial charge in [0.15, 0.2) is 22.5 Å². The highest BCUT2D eigenvalue weighted by Gasteiger charge is 2.58. The molecule has 6 N–H and O–H groups in total. The predicted molar refractivity (Wildman–Crippen MR) is 214 cm³/mol. The molecule has 3 aliphatic carbocycles. The minimum atomic E-state index is -1.23. The van der Waals surface area contributed by atoms with E-state index >= 15 is 0 Å². The fourth-order valence-electron chi connectivity index (χ4n) is 9.74. The monoisotopic (exact) mass is 821 g/mol. The minimum absolute atomic E-state index is 0.00408. The number of aromatic nitrogens is 1.